The second kappa shape index (κ2) is 8.64. The van der Waals surface area contributed by atoms with Gasteiger partial charge in [0.2, 0.25) is 0 Å². The second-order valence-corrected chi connectivity index (χ2v) is 8.36. The van der Waals surface area contributed by atoms with Crippen LogP contribution in [0.2, 0.25) is 0 Å². The molecule has 1 amide bonds. The summed E-state index contributed by atoms with van der Waals surface area (Å²) >= 11 is 0. The average molecular weight is 465 g/mol. The Morgan fingerprint density at radius 1 is 0.943 bits per heavy atom. The van der Waals surface area contributed by atoms with E-state index in [1.54, 1.807) is 22.9 Å². The SMILES string of the molecule is O=C(Nc1ccccc1-c1nc(-c2ccccc2)n[nH]1)c1nn(-c2ccccc2F)c2c1CCC2. The van der Waals surface area contributed by atoms with Crippen molar-refractivity contribution in [2.45, 2.75) is 19.3 Å². The van der Waals surface area contributed by atoms with Crippen molar-refractivity contribution in [3.05, 3.63) is 102 Å². The number of carbonyl (C=O) groups is 1. The Kier molecular flexibility index (Phi) is 5.18. The minimum Gasteiger partial charge on any atom is -0.320 e. The Balaban J connectivity index is 1.33. The average Bonchev–Trinajstić information content (AvgIpc) is 3.63. The van der Waals surface area contributed by atoms with E-state index >= 15 is 0 Å². The van der Waals surface area contributed by atoms with E-state index in [2.05, 4.69) is 25.6 Å². The number of halogens is 1. The number of hydrogen-bond donors (Lipinski definition) is 2. The Morgan fingerprint density at radius 3 is 2.57 bits per heavy atom. The van der Waals surface area contributed by atoms with E-state index in [-0.39, 0.29) is 11.7 Å². The molecule has 0 unspecified atom stereocenters. The predicted octanol–water partition coefficient (Wildman–Crippen LogP) is 5.20. The first-order chi connectivity index (χ1) is 17.2. The summed E-state index contributed by atoms with van der Waals surface area (Å²) in [6, 6.07) is 23.5. The maximum absolute atomic E-state index is 14.5. The summed E-state index contributed by atoms with van der Waals surface area (Å²) in [4.78, 5) is 18.0. The van der Waals surface area contributed by atoms with E-state index in [4.69, 9.17) is 0 Å². The topological polar surface area (TPSA) is 88.5 Å². The van der Waals surface area contributed by atoms with Crippen molar-refractivity contribution in [1.29, 1.82) is 0 Å². The fourth-order valence-electron chi connectivity index (χ4n) is 4.52. The Labute approximate surface area is 200 Å². The van der Waals surface area contributed by atoms with Gasteiger partial charge in [0.05, 0.1) is 5.69 Å². The van der Waals surface area contributed by atoms with Crippen LogP contribution in [0.15, 0.2) is 78.9 Å². The highest BCUT2D eigenvalue weighted by atomic mass is 19.1. The molecular weight excluding hydrogens is 443 g/mol. The van der Waals surface area contributed by atoms with E-state index in [9.17, 15) is 9.18 Å². The first kappa shape index (κ1) is 21.0. The van der Waals surface area contributed by atoms with E-state index in [1.807, 2.05) is 54.6 Å². The first-order valence-corrected chi connectivity index (χ1v) is 11.4. The normalized spacial score (nSPS) is 12.5. The summed E-state index contributed by atoms with van der Waals surface area (Å²) in [7, 11) is 0. The third-order valence-corrected chi connectivity index (χ3v) is 6.17. The minimum atomic E-state index is -0.374. The van der Waals surface area contributed by atoms with Gasteiger partial charge < -0.3 is 5.32 Å². The molecule has 172 valence electrons. The molecular formula is C27H21FN6O. The smallest absolute Gasteiger partial charge is 0.276 e. The first-order valence-electron chi connectivity index (χ1n) is 11.4. The Bertz CT molecular complexity index is 1540. The summed E-state index contributed by atoms with van der Waals surface area (Å²) in [5, 5.41) is 14.8. The predicted molar refractivity (Wildman–Crippen MR) is 131 cm³/mol. The van der Waals surface area contributed by atoms with Crippen LogP contribution in [0, 0.1) is 5.82 Å². The third-order valence-electron chi connectivity index (χ3n) is 6.17. The highest BCUT2D eigenvalue weighted by Crippen LogP contribution is 2.31. The van der Waals surface area contributed by atoms with E-state index in [0.29, 0.717) is 34.3 Å². The van der Waals surface area contributed by atoms with E-state index < -0.39 is 0 Å². The number of nitrogens with one attached hydrogen (secondary N) is 2. The van der Waals surface area contributed by atoms with Crippen LogP contribution in [0.25, 0.3) is 28.5 Å². The summed E-state index contributed by atoms with van der Waals surface area (Å²) in [6.07, 6.45) is 2.39. The number of rotatable bonds is 5. The quantitative estimate of drug-likeness (QED) is 0.374. The molecule has 35 heavy (non-hydrogen) atoms. The van der Waals surface area contributed by atoms with Crippen molar-refractivity contribution >= 4 is 11.6 Å². The lowest BCUT2D eigenvalue weighted by Crippen LogP contribution is -2.15. The number of aromatic amines is 1. The molecule has 2 aromatic heterocycles. The number of amides is 1. The maximum atomic E-state index is 14.5. The van der Waals surface area contributed by atoms with Gasteiger partial charge in [0.25, 0.3) is 5.91 Å². The van der Waals surface area contributed by atoms with Crippen molar-refractivity contribution in [3.8, 4) is 28.5 Å². The van der Waals surface area contributed by atoms with Gasteiger partial charge in [0, 0.05) is 22.4 Å². The molecule has 0 saturated carbocycles. The largest absolute Gasteiger partial charge is 0.320 e. The lowest BCUT2D eigenvalue weighted by atomic mass is 10.1. The molecule has 0 radical (unpaired) electrons. The monoisotopic (exact) mass is 464 g/mol. The van der Waals surface area contributed by atoms with Crippen LogP contribution in [0.3, 0.4) is 0 Å². The summed E-state index contributed by atoms with van der Waals surface area (Å²) in [5.74, 6) is 0.403. The number of nitrogens with zero attached hydrogens (tertiary/aromatic N) is 4. The van der Waals surface area contributed by atoms with Crippen LogP contribution < -0.4 is 5.32 Å². The number of fused-ring (bicyclic) bond motifs is 1. The van der Waals surface area contributed by atoms with Gasteiger partial charge >= 0.3 is 0 Å². The van der Waals surface area contributed by atoms with Crippen molar-refractivity contribution in [1.82, 2.24) is 25.0 Å². The minimum absolute atomic E-state index is 0.318. The van der Waals surface area contributed by atoms with Gasteiger partial charge in [-0.25, -0.2) is 14.1 Å². The number of para-hydroxylation sites is 2. The number of benzene rings is 3. The van der Waals surface area contributed by atoms with Gasteiger partial charge in [0.15, 0.2) is 17.3 Å². The number of hydrogen-bond acceptors (Lipinski definition) is 4. The van der Waals surface area contributed by atoms with Gasteiger partial charge in [0.1, 0.15) is 11.5 Å². The second-order valence-electron chi connectivity index (χ2n) is 8.36. The number of anilines is 1. The summed E-state index contributed by atoms with van der Waals surface area (Å²) in [5.41, 5.74) is 4.61. The fraction of sp³-hybridized carbons (Fsp3) is 0.111. The van der Waals surface area contributed by atoms with Crippen LogP contribution >= 0.6 is 0 Å². The molecule has 0 atom stereocenters. The van der Waals surface area contributed by atoms with Crippen LogP contribution in [0.1, 0.15) is 28.2 Å². The highest BCUT2D eigenvalue weighted by Gasteiger charge is 2.28. The standard InChI is InChI=1S/C27H21FN6O/c28-20-13-5-7-15-23(20)34-22-16-8-12-19(22)24(33-34)27(35)29-21-14-6-4-11-18(21)26-30-25(31-32-26)17-9-2-1-3-10-17/h1-7,9-11,13-15H,8,12,16H2,(H,29,35)(H,30,31,32). The Hall–Kier alpha value is -4.59. The maximum Gasteiger partial charge on any atom is 0.276 e. The molecule has 0 aliphatic heterocycles. The zero-order valence-corrected chi connectivity index (χ0v) is 18.7. The number of carbonyl (C=O) groups excluding carboxylic acids is 1. The van der Waals surface area contributed by atoms with E-state index in [1.165, 1.54) is 6.07 Å². The molecule has 2 heterocycles. The highest BCUT2D eigenvalue weighted by molar-refractivity contribution is 6.06. The van der Waals surface area contributed by atoms with Crippen molar-refractivity contribution in [2.75, 3.05) is 5.32 Å². The van der Waals surface area contributed by atoms with Crippen LogP contribution in [0.5, 0.6) is 0 Å². The molecule has 2 N–H and O–H groups in total. The molecule has 0 spiro atoms. The zero-order chi connectivity index (χ0) is 23.8. The molecule has 0 fully saturated rings. The van der Waals surface area contributed by atoms with E-state index in [0.717, 1.165) is 36.1 Å². The molecule has 6 rings (SSSR count). The van der Waals surface area contributed by atoms with Crippen LogP contribution in [0.4, 0.5) is 10.1 Å². The summed E-state index contributed by atoms with van der Waals surface area (Å²) < 4.78 is 16.1. The zero-order valence-electron chi connectivity index (χ0n) is 18.7. The number of H-pyrrole nitrogens is 1. The van der Waals surface area contributed by atoms with Crippen molar-refractivity contribution < 1.29 is 9.18 Å². The number of aromatic nitrogens is 5. The molecule has 7 nitrogen and oxygen atoms in total. The van der Waals surface area contributed by atoms with Gasteiger partial charge in [-0.05, 0) is 43.5 Å². The van der Waals surface area contributed by atoms with Crippen LogP contribution in [-0.2, 0) is 12.8 Å². The molecule has 3 aromatic carbocycles. The molecule has 0 saturated heterocycles. The van der Waals surface area contributed by atoms with Crippen molar-refractivity contribution in [2.24, 2.45) is 0 Å². The van der Waals surface area contributed by atoms with Crippen LogP contribution in [-0.4, -0.2) is 30.9 Å². The van der Waals surface area contributed by atoms with Gasteiger partial charge in [-0.15, -0.1) is 0 Å². The third kappa shape index (κ3) is 3.78. The van der Waals surface area contributed by atoms with Gasteiger partial charge in [-0.2, -0.15) is 10.2 Å². The summed E-state index contributed by atoms with van der Waals surface area (Å²) in [6.45, 7) is 0. The molecule has 1 aliphatic carbocycles. The lowest BCUT2D eigenvalue weighted by Gasteiger charge is -2.09. The molecule has 0 bridgehead atoms. The fourth-order valence-corrected chi connectivity index (χ4v) is 4.52. The van der Waals surface area contributed by atoms with Gasteiger partial charge in [-0.1, -0.05) is 54.6 Å². The lowest BCUT2D eigenvalue weighted by molar-refractivity contribution is 0.102. The van der Waals surface area contributed by atoms with Gasteiger partial charge in [-0.3, -0.25) is 9.89 Å². The van der Waals surface area contributed by atoms with Crippen molar-refractivity contribution in [3.63, 3.8) is 0 Å². The molecule has 1 aliphatic rings. The molecule has 8 heteroatoms. The molecule has 5 aromatic rings. The Morgan fingerprint density at radius 2 is 1.71 bits per heavy atom.